The summed E-state index contributed by atoms with van der Waals surface area (Å²) in [5, 5.41) is 10.4. The molecule has 0 radical (unpaired) electrons. The Labute approximate surface area is 111 Å². The lowest BCUT2D eigenvalue weighted by atomic mass is 10.1. The Hall–Kier alpha value is -1.92. The monoisotopic (exact) mass is 279 g/mol. The fourth-order valence-electron chi connectivity index (χ4n) is 1.78. The Morgan fingerprint density at radius 3 is 2.42 bits per heavy atom. The maximum Gasteiger partial charge on any atom is 0.318 e. The molecule has 0 unspecified atom stereocenters. The Kier molecular flexibility index (Phi) is 3.55. The van der Waals surface area contributed by atoms with Crippen molar-refractivity contribution in [3.63, 3.8) is 0 Å². The number of likely N-dealkylation sites (N-methyl/N-ethyl adjacent to an activating group) is 1. The van der Waals surface area contributed by atoms with Gasteiger partial charge in [0, 0.05) is 7.05 Å². The summed E-state index contributed by atoms with van der Waals surface area (Å²) in [4.78, 5) is 10.7. The number of carbonyl (C=O) groups is 1. The standard InChI is InChI=1S/C13H13NO4S/c1-14(9-13(15)16)19(17,18)12-7-6-10-4-2-3-5-11(10)8-12/h2-8H,9H2,1H3,(H,15,16). The van der Waals surface area contributed by atoms with Crippen LogP contribution in [0.25, 0.3) is 10.8 Å². The minimum Gasteiger partial charge on any atom is -0.480 e. The van der Waals surface area contributed by atoms with Gasteiger partial charge in [0.25, 0.3) is 0 Å². The molecule has 2 rings (SSSR count). The van der Waals surface area contributed by atoms with E-state index in [0.29, 0.717) is 0 Å². The van der Waals surface area contributed by atoms with Gasteiger partial charge in [-0.15, -0.1) is 0 Å². The van der Waals surface area contributed by atoms with Crippen molar-refractivity contribution in [3.8, 4) is 0 Å². The Morgan fingerprint density at radius 1 is 1.16 bits per heavy atom. The number of benzene rings is 2. The van der Waals surface area contributed by atoms with Gasteiger partial charge < -0.3 is 5.11 Å². The van der Waals surface area contributed by atoms with Crippen LogP contribution < -0.4 is 0 Å². The summed E-state index contributed by atoms with van der Waals surface area (Å²) in [6, 6.07) is 12.1. The average molecular weight is 279 g/mol. The molecule has 0 heterocycles. The zero-order valence-electron chi connectivity index (χ0n) is 10.3. The van der Waals surface area contributed by atoms with Gasteiger partial charge in [0.2, 0.25) is 10.0 Å². The molecule has 2 aromatic carbocycles. The maximum atomic E-state index is 12.2. The van der Waals surface area contributed by atoms with E-state index in [4.69, 9.17) is 5.11 Å². The number of hydrogen-bond acceptors (Lipinski definition) is 3. The van der Waals surface area contributed by atoms with Gasteiger partial charge in [0.15, 0.2) is 0 Å². The molecule has 0 saturated carbocycles. The summed E-state index contributed by atoms with van der Waals surface area (Å²) in [6.45, 7) is -0.560. The predicted molar refractivity (Wildman–Crippen MR) is 71.4 cm³/mol. The fraction of sp³-hybridized carbons (Fsp3) is 0.154. The van der Waals surface area contributed by atoms with Crippen molar-refractivity contribution in [2.24, 2.45) is 0 Å². The summed E-state index contributed by atoms with van der Waals surface area (Å²) in [5.74, 6) is -1.19. The number of rotatable bonds is 4. The zero-order chi connectivity index (χ0) is 14.0. The molecule has 0 amide bonds. The average Bonchev–Trinajstić information content (AvgIpc) is 2.37. The highest BCUT2D eigenvalue weighted by atomic mass is 32.2. The highest BCUT2D eigenvalue weighted by molar-refractivity contribution is 7.89. The first-order chi connectivity index (χ1) is 8.91. The minimum absolute atomic E-state index is 0.0925. The summed E-state index contributed by atoms with van der Waals surface area (Å²) < 4.78 is 25.2. The second kappa shape index (κ2) is 4.99. The Balaban J connectivity index is 2.45. The summed E-state index contributed by atoms with van der Waals surface area (Å²) >= 11 is 0. The Bertz CT molecular complexity index is 724. The second-order valence-corrected chi connectivity index (χ2v) is 6.21. The third kappa shape index (κ3) is 2.74. The number of hydrogen-bond donors (Lipinski definition) is 1. The van der Waals surface area contributed by atoms with E-state index in [2.05, 4.69) is 0 Å². The number of sulfonamides is 1. The molecule has 100 valence electrons. The van der Waals surface area contributed by atoms with Crippen molar-refractivity contribution in [1.29, 1.82) is 0 Å². The van der Waals surface area contributed by atoms with Crippen molar-refractivity contribution in [1.82, 2.24) is 4.31 Å². The summed E-state index contributed by atoms with van der Waals surface area (Å²) in [6.07, 6.45) is 0. The van der Waals surface area contributed by atoms with Gasteiger partial charge in [0.1, 0.15) is 6.54 Å². The van der Waals surface area contributed by atoms with Gasteiger partial charge in [0.05, 0.1) is 4.90 Å². The Morgan fingerprint density at radius 2 is 1.79 bits per heavy atom. The number of carboxylic acid groups (broad SMARTS) is 1. The molecule has 0 aliphatic carbocycles. The molecule has 6 heteroatoms. The zero-order valence-corrected chi connectivity index (χ0v) is 11.1. The molecule has 0 saturated heterocycles. The molecule has 1 N–H and O–H groups in total. The van der Waals surface area contributed by atoms with E-state index in [0.717, 1.165) is 15.1 Å². The lowest BCUT2D eigenvalue weighted by Gasteiger charge is -2.15. The van der Waals surface area contributed by atoms with Gasteiger partial charge in [-0.05, 0) is 22.9 Å². The van der Waals surface area contributed by atoms with Gasteiger partial charge in [-0.2, -0.15) is 4.31 Å². The number of carboxylic acids is 1. The lowest BCUT2D eigenvalue weighted by Crippen LogP contribution is -2.31. The topological polar surface area (TPSA) is 74.7 Å². The maximum absolute atomic E-state index is 12.2. The van der Waals surface area contributed by atoms with E-state index in [-0.39, 0.29) is 4.90 Å². The van der Waals surface area contributed by atoms with Gasteiger partial charge in [-0.3, -0.25) is 4.79 Å². The molecule has 0 fully saturated rings. The number of aliphatic carboxylic acids is 1. The highest BCUT2D eigenvalue weighted by Gasteiger charge is 2.22. The number of fused-ring (bicyclic) bond motifs is 1. The molecule has 2 aromatic rings. The molecule has 19 heavy (non-hydrogen) atoms. The van der Waals surface area contributed by atoms with Crippen LogP contribution in [0.2, 0.25) is 0 Å². The third-order valence-electron chi connectivity index (χ3n) is 2.79. The van der Waals surface area contributed by atoms with Crippen molar-refractivity contribution in [3.05, 3.63) is 42.5 Å². The van der Waals surface area contributed by atoms with E-state index >= 15 is 0 Å². The van der Waals surface area contributed by atoms with E-state index in [1.807, 2.05) is 24.3 Å². The van der Waals surface area contributed by atoms with Crippen LogP contribution in [-0.4, -0.2) is 37.4 Å². The van der Waals surface area contributed by atoms with E-state index in [9.17, 15) is 13.2 Å². The molecule has 0 aliphatic heterocycles. The van der Waals surface area contributed by atoms with E-state index in [1.165, 1.54) is 13.1 Å². The van der Waals surface area contributed by atoms with Crippen LogP contribution in [-0.2, 0) is 14.8 Å². The van der Waals surface area contributed by atoms with Crippen LogP contribution in [0.4, 0.5) is 0 Å². The molecule has 5 nitrogen and oxygen atoms in total. The van der Waals surface area contributed by atoms with Gasteiger partial charge in [-0.1, -0.05) is 30.3 Å². The first-order valence-electron chi connectivity index (χ1n) is 5.58. The predicted octanol–water partition coefficient (Wildman–Crippen LogP) is 1.54. The molecule has 0 spiro atoms. The van der Waals surface area contributed by atoms with Crippen LogP contribution in [0.1, 0.15) is 0 Å². The first-order valence-corrected chi connectivity index (χ1v) is 7.02. The van der Waals surface area contributed by atoms with Crippen molar-refractivity contribution in [2.45, 2.75) is 4.90 Å². The van der Waals surface area contributed by atoms with Crippen molar-refractivity contribution < 1.29 is 18.3 Å². The van der Waals surface area contributed by atoms with Gasteiger partial charge >= 0.3 is 5.97 Å². The fourth-order valence-corrected chi connectivity index (χ4v) is 2.94. The quantitative estimate of drug-likeness (QED) is 0.921. The second-order valence-electron chi connectivity index (χ2n) is 4.16. The molecule has 0 bridgehead atoms. The van der Waals surface area contributed by atoms with Crippen LogP contribution >= 0.6 is 0 Å². The van der Waals surface area contributed by atoms with E-state index in [1.54, 1.807) is 12.1 Å². The third-order valence-corrected chi connectivity index (χ3v) is 4.59. The van der Waals surface area contributed by atoms with Crippen LogP contribution in [0.5, 0.6) is 0 Å². The molecule has 0 atom stereocenters. The van der Waals surface area contributed by atoms with Crippen LogP contribution in [0.15, 0.2) is 47.4 Å². The highest BCUT2D eigenvalue weighted by Crippen LogP contribution is 2.21. The smallest absolute Gasteiger partial charge is 0.318 e. The summed E-state index contributed by atoms with van der Waals surface area (Å²) in [7, 11) is -2.52. The van der Waals surface area contributed by atoms with Crippen LogP contribution in [0.3, 0.4) is 0 Å². The van der Waals surface area contributed by atoms with Gasteiger partial charge in [-0.25, -0.2) is 8.42 Å². The van der Waals surface area contributed by atoms with Crippen molar-refractivity contribution in [2.75, 3.05) is 13.6 Å². The van der Waals surface area contributed by atoms with Crippen molar-refractivity contribution >= 4 is 26.8 Å². The normalized spacial score (nSPS) is 11.9. The van der Waals surface area contributed by atoms with E-state index < -0.39 is 22.5 Å². The SMILES string of the molecule is CN(CC(=O)O)S(=O)(=O)c1ccc2ccccc2c1. The molecule has 0 aliphatic rings. The molecular formula is C13H13NO4S. The summed E-state index contributed by atoms with van der Waals surface area (Å²) in [5.41, 5.74) is 0. The molecule has 0 aromatic heterocycles. The van der Waals surface area contributed by atoms with Crippen LogP contribution in [0, 0.1) is 0 Å². The first kappa shape index (κ1) is 13.5. The molecular weight excluding hydrogens is 266 g/mol. The number of nitrogens with zero attached hydrogens (tertiary/aromatic N) is 1. The largest absolute Gasteiger partial charge is 0.480 e. The minimum atomic E-state index is -3.77. The lowest BCUT2D eigenvalue weighted by molar-refractivity contribution is -0.137.